The van der Waals surface area contributed by atoms with Crippen LogP contribution >= 0.6 is 0 Å². The average molecular weight is 181 g/mol. The van der Waals surface area contributed by atoms with Gasteiger partial charge in [0.25, 0.3) is 0 Å². The first-order chi connectivity index (χ1) is 5.12. The Hall–Kier alpha value is -0.130. The van der Waals surface area contributed by atoms with Gasteiger partial charge in [0.05, 0.1) is 11.5 Å². The summed E-state index contributed by atoms with van der Waals surface area (Å²) in [5, 5.41) is 8.37. The zero-order valence-electron chi connectivity index (χ0n) is 6.49. The Balaban J connectivity index is 3.63. The summed E-state index contributed by atoms with van der Waals surface area (Å²) in [5.41, 5.74) is 5.15. The van der Waals surface area contributed by atoms with Crippen molar-refractivity contribution in [3.05, 3.63) is 0 Å². The van der Waals surface area contributed by atoms with Gasteiger partial charge in [0.15, 0.2) is 0 Å². The molecule has 5 heteroatoms. The fourth-order valence-electron chi connectivity index (χ4n) is 0.690. The van der Waals surface area contributed by atoms with E-state index in [1.165, 1.54) is 0 Å². The second kappa shape index (κ2) is 5.51. The molecule has 0 bridgehead atoms. The number of aliphatic hydroxyl groups is 1. The van der Waals surface area contributed by atoms with Crippen molar-refractivity contribution in [2.75, 3.05) is 24.7 Å². The highest BCUT2D eigenvalue weighted by atomic mass is 32.2. The van der Waals surface area contributed by atoms with Gasteiger partial charge < -0.3 is 10.8 Å². The molecule has 0 unspecified atom stereocenters. The molecular weight excluding hydrogens is 166 g/mol. The molecule has 0 aliphatic carbocycles. The van der Waals surface area contributed by atoms with Crippen molar-refractivity contribution < 1.29 is 13.5 Å². The lowest BCUT2D eigenvalue weighted by Gasteiger charge is -2.00. The van der Waals surface area contributed by atoms with Gasteiger partial charge in [0.1, 0.15) is 9.84 Å². The third-order valence-electron chi connectivity index (χ3n) is 1.27. The molecule has 0 radical (unpaired) electrons. The molecular formula is C6H15NO3S. The minimum absolute atomic E-state index is 0.0676. The standard InChI is InChI=1S/C6H15NO3S/c7-3-1-5-11(9,10)6-2-4-8/h8H,1-7H2. The number of rotatable bonds is 6. The lowest BCUT2D eigenvalue weighted by atomic mass is 10.5. The molecule has 0 aliphatic heterocycles. The van der Waals surface area contributed by atoms with E-state index in [-0.39, 0.29) is 18.1 Å². The van der Waals surface area contributed by atoms with Crippen LogP contribution in [0.1, 0.15) is 12.8 Å². The van der Waals surface area contributed by atoms with Crippen LogP contribution in [-0.2, 0) is 9.84 Å². The molecule has 68 valence electrons. The molecule has 0 fully saturated rings. The zero-order chi connectivity index (χ0) is 8.74. The van der Waals surface area contributed by atoms with E-state index in [2.05, 4.69) is 0 Å². The van der Waals surface area contributed by atoms with Crippen molar-refractivity contribution >= 4 is 9.84 Å². The Kier molecular flexibility index (Phi) is 5.45. The summed E-state index contributed by atoms with van der Waals surface area (Å²) >= 11 is 0. The molecule has 0 aromatic carbocycles. The van der Waals surface area contributed by atoms with Crippen LogP contribution in [0.2, 0.25) is 0 Å². The number of hydrogen-bond acceptors (Lipinski definition) is 4. The second-order valence-corrected chi connectivity index (χ2v) is 4.67. The second-order valence-electron chi connectivity index (χ2n) is 2.37. The molecule has 0 saturated carbocycles. The van der Waals surface area contributed by atoms with Crippen LogP contribution in [0, 0.1) is 0 Å². The first-order valence-corrected chi connectivity index (χ1v) is 5.46. The van der Waals surface area contributed by atoms with Crippen molar-refractivity contribution in [2.45, 2.75) is 12.8 Å². The van der Waals surface area contributed by atoms with Crippen LogP contribution < -0.4 is 5.73 Å². The first kappa shape index (κ1) is 10.9. The monoisotopic (exact) mass is 181 g/mol. The van der Waals surface area contributed by atoms with E-state index >= 15 is 0 Å². The fourth-order valence-corrected chi connectivity index (χ4v) is 2.07. The van der Waals surface area contributed by atoms with Crippen LogP contribution in [0.15, 0.2) is 0 Å². The Morgan fingerprint density at radius 3 is 2.18 bits per heavy atom. The van der Waals surface area contributed by atoms with Crippen molar-refractivity contribution in [2.24, 2.45) is 5.73 Å². The Morgan fingerprint density at radius 2 is 1.73 bits per heavy atom. The maximum atomic E-state index is 11.0. The third-order valence-corrected chi connectivity index (χ3v) is 3.09. The minimum Gasteiger partial charge on any atom is -0.396 e. The Labute approximate surface area is 67.3 Å². The van der Waals surface area contributed by atoms with E-state index in [9.17, 15) is 8.42 Å². The van der Waals surface area contributed by atoms with E-state index in [0.29, 0.717) is 19.4 Å². The Bertz CT molecular complexity index is 162. The van der Waals surface area contributed by atoms with E-state index in [1.54, 1.807) is 0 Å². The number of sulfone groups is 1. The molecule has 0 aromatic rings. The summed E-state index contributed by atoms with van der Waals surface area (Å²) < 4.78 is 22.0. The maximum absolute atomic E-state index is 11.0. The molecule has 11 heavy (non-hydrogen) atoms. The van der Waals surface area contributed by atoms with Crippen LogP contribution in [0.25, 0.3) is 0 Å². The predicted molar refractivity (Wildman–Crippen MR) is 44.0 cm³/mol. The van der Waals surface area contributed by atoms with Crippen molar-refractivity contribution in [3.8, 4) is 0 Å². The highest BCUT2D eigenvalue weighted by Crippen LogP contribution is 1.95. The predicted octanol–water partition coefficient (Wildman–Crippen LogP) is -0.868. The summed E-state index contributed by atoms with van der Waals surface area (Å²) in [6, 6.07) is 0. The quantitative estimate of drug-likeness (QED) is 0.558. The molecule has 4 nitrogen and oxygen atoms in total. The largest absolute Gasteiger partial charge is 0.396 e. The molecule has 0 spiro atoms. The van der Waals surface area contributed by atoms with Gasteiger partial charge in [-0.25, -0.2) is 8.42 Å². The molecule has 0 aliphatic rings. The highest BCUT2D eigenvalue weighted by Gasteiger charge is 2.08. The highest BCUT2D eigenvalue weighted by molar-refractivity contribution is 7.91. The Morgan fingerprint density at radius 1 is 1.18 bits per heavy atom. The zero-order valence-corrected chi connectivity index (χ0v) is 7.31. The van der Waals surface area contributed by atoms with Gasteiger partial charge in [-0.05, 0) is 19.4 Å². The summed E-state index contributed by atoms with van der Waals surface area (Å²) in [6.07, 6.45) is 0.834. The smallest absolute Gasteiger partial charge is 0.150 e. The van der Waals surface area contributed by atoms with Gasteiger partial charge in [0, 0.05) is 6.61 Å². The lowest BCUT2D eigenvalue weighted by Crippen LogP contribution is -2.15. The maximum Gasteiger partial charge on any atom is 0.150 e. The van der Waals surface area contributed by atoms with Crippen molar-refractivity contribution in [1.82, 2.24) is 0 Å². The number of nitrogens with two attached hydrogens (primary N) is 1. The topological polar surface area (TPSA) is 80.4 Å². The van der Waals surface area contributed by atoms with Gasteiger partial charge in [-0.1, -0.05) is 0 Å². The third kappa shape index (κ3) is 6.28. The van der Waals surface area contributed by atoms with Gasteiger partial charge >= 0.3 is 0 Å². The summed E-state index contributed by atoms with van der Waals surface area (Å²) in [7, 11) is -2.95. The minimum atomic E-state index is -2.95. The molecule has 0 rings (SSSR count). The van der Waals surface area contributed by atoms with Crippen LogP contribution in [-0.4, -0.2) is 38.2 Å². The van der Waals surface area contributed by atoms with E-state index in [1.807, 2.05) is 0 Å². The number of hydrogen-bond donors (Lipinski definition) is 2. The molecule has 0 atom stereocenters. The van der Waals surface area contributed by atoms with Gasteiger partial charge in [-0.2, -0.15) is 0 Å². The van der Waals surface area contributed by atoms with Crippen LogP contribution in [0.4, 0.5) is 0 Å². The van der Waals surface area contributed by atoms with Gasteiger partial charge in [-0.3, -0.25) is 0 Å². The lowest BCUT2D eigenvalue weighted by molar-refractivity contribution is 0.295. The molecule has 0 amide bonds. The van der Waals surface area contributed by atoms with Gasteiger partial charge in [0.2, 0.25) is 0 Å². The van der Waals surface area contributed by atoms with E-state index in [4.69, 9.17) is 10.8 Å². The normalized spacial score (nSPS) is 11.8. The molecule has 0 aromatic heterocycles. The van der Waals surface area contributed by atoms with Crippen molar-refractivity contribution in [3.63, 3.8) is 0 Å². The summed E-state index contributed by atoms with van der Waals surface area (Å²) in [4.78, 5) is 0. The molecule has 0 saturated heterocycles. The first-order valence-electron chi connectivity index (χ1n) is 3.64. The summed E-state index contributed by atoms with van der Waals surface area (Å²) in [6.45, 7) is 0.334. The van der Waals surface area contributed by atoms with E-state index in [0.717, 1.165) is 0 Å². The summed E-state index contributed by atoms with van der Waals surface area (Å²) in [5.74, 6) is 0.215. The average Bonchev–Trinajstić information content (AvgIpc) is 1.97. The molecule has 0 heterocycles. The van der Waals surface area contributed by atoms with E-state index < -0.39 is 9.84 Å². The van der Waals surface area contributed by atoms with Gasteiger partial charge in [-0.15, -0.1) is 0 Å². The van der Waals surface area contributed by atoms with Crippen LogP contribution in [0.3, 0.4) is 0 Å². The van der Waals surface area contributed by atoms with Crippen molar-refractivity contribution in [1.29, 1.82) is 0 Å². The van der Waals surface area contributed by atoms with Crippen LogP contribution in [0.5, 0.6) is 0 Å². The SMILES string of the molecule is NCCCS(=O)(=O)CCCO. The number of aliphatic hydroxyl groups excluding tert-OH is 1. The fraction of sp³-hybridized carbons (Fsp3) is 1.00. The molecule has 3 N–H and O–H groups in total.